The number of halogens is 4. The first-order chi connectivity index (χ1) is 10.3. The summed E-state index contributed by atoms with van der Waals surface area (Å²) >= 11 is 6.08. The Labute approximate surface area is 130 Å². The summed E-state index contributed by atoms with van der Waals surface area (Å²) in [7, 11) is 1.48. The van der Waals surface area contributed by atoms with Crippen LogP contribution in [-0.2, 0) is 6.18 Å². The van der Waals surface area contributed by atoms with Gasteiger partial charge in [0.15, 0.2) is 0 Å². The zero-order chi connectivity index (χ0) is 16.5. The maximum Gasteiger partial charge on any atom is 0.416 e. The number of rotatable bonds is 2. The molecule has 22 heavy (non-hydrogen) atoms. The van der Waals surface area contributed by atoms with Crippen molar-refractivity contribution in [2.75, 3.05) is 7.05 Å². The Balaban J connectivity index is 2.65. The summed E-state index contributed by atoms with van der Waals surface area (Å²) in [6.07, 6.45) is -4.46. The second-order valence-corrected chi connectivity index (χ2v) is 5.16. The third-order valence-corrected chi connectivity index (χ3v) is 3.68. The fraction of sp³-hybridized carbons (Fsp3) is 0.188. The Morgan fingerprint density at radius 3 is 2.45 bits per heavy atom. The van der Waals surface area contributed by atoms with Gasteiger partial charge in [0.2, 0.25) is 0 Å². The lowest BCUT2D eigenvalue weighted by Crippen LogP contribution is -2.17. The molecular formula is C16H13ClF3NO. The van der Waals surface area contributed by atoms with Crippen molar-refractivity contribution in [3.05, 3.63) is 58.1 Å². The van der Waals surface area contributed by atoms with Gasteiger partial charge in [-0.1, -0.05) is 23.7 Å². The molecule has 2 rings (SSSR count). The Hall–Kier alpha value is -2.01. The highest BCUT2D eigenvalue weighted by molar-refractivity contribution is 6.33. The lowest BCUT2D eigenvalue weighted by Gasteiger charge is -2.16. The van der Waals surface area contributed by atoms with Gasteiger partial charge >= 0.3 is 6.18 Å². The SMILES string of the molecule is CNC(=O)c1cccc(-c2c(Cl)ccc(C(F)(F)F)c2C)c1. The zero-order valence-corrected chi connectivity index (χ0v) is 12.6. The topological polar surface area (TPSA) is 29.1 Å². The van der Waals surface area contributed by atoms with Crippen molar-refractivity contribution in [1.82, 2.24) is 5.32 Å². The molecule has 0 saturated carbocycles. The van der Waals surface area contributed by atoms with E-state index in [1.54, 1.807) is 18.2 Å². The van der Waals surface area contributed by atoms with Crippen LogP contribution in [0.4, 0.5) is 13.2 Å². The van der Waals surface area contributed by atoms with Gasteiger partial charge in [-0.05, 0) is 42.3 Å². The predicted octanol–water partition coefficient (Wildman–Crippen LogP) is 4.69. The summed E-state index contributed by atoms with van der Waals surface area (Å²) in [6, 6.07) is 8.52. The van der Waals surface area contributed by atoms with Gasteiger partial charge in [-0.2, -0.15) is 13.2 Å². The number of benzene rings is 2. The Morgan fingerprint density at radius 2 is 1.86 bits per heavy atom. The van der Waals surface area contributed by atoms with E-state index in [0.29, 0.717) is 11.1 Å². The molecule has 2 aromatic rings. The van der Waals surface area contributed by atoms with Gasteiger partial charge in [-0.15, -0.1) is 0 Å². The van der Waals surface area contributed by atoms with Crippen LogP contribution in [0.25, 0.3) is 11.1 Å². The van der Waals surface area contributed by atoms with E-state index in [9.17, 15) is 18.0 Å². The Kier molecular flexibility index (Phi) is 4.47. The van der Waals surface area contributed by atoms with E-state index in [0.717, 1.165) is 6.07 Å². The van der Waals surface area contributed by atoms with Crippen LogP contribution >= 0.6 is 11.6 Å². The van der Waals surface area contributed by atoms with Crippen molar-refractivity contribution >= 4 is 17.5 Å². The van der Waals surface area contributed by atoms with Gasteiger partial charge in [0.05, 0.1) is 5.56 Å². The second-order valence-electron chi connectivity index (χ2n) is 4.75. The van der Waals surface area contributed by atoms with Crippen LogP contribution in [0.5, 0.6) is 0 Å². The Bertz CT molecular complexity index is 726. The highest BCUT2D eigenvalue weighted by atomic mass is 35.5. The molecule has 0 fully saturated rings. The standard InChI is InChI=1S/C16H13ClF3NO/c1-9-12(16(18,19)20)6-7-13(17)14(9)10-4-3-5-11(8-10)15(22)21-2/h3-8H,1-2H3,(H,21,22). The highest BCUT2D eigenvalue weighted by Gasteiger charge is 2.33. The number of carbonyl (C=O) groups excluding carboxylic acids is 1. The number of alkyl halides is 3. The molecule has 0 heterocycles. The average molecular weight is 328 g/mol. The van der Waals surface area contributed by atoms with E-state index in [4.69, 9.17) is 11.6 Å². The van der Waals surface area contributed by atoms with Gasteiger partial charge in [-0.3, -0.25) is 4.79 Å². The van der Waals surface area contributed by atoms with E-state index in [-0.39, 0.29) is 22.1 Å². The zero-order valence-electron chi connectivity index (χ0n) is 11.9. The number of carbonyl (C=O) groups is 1. The van der Waals surface area contributed by atoms with Gasteiger partial charge in [0, 0.05) is 23.2 Å². The first kappa shape index (κ1) is 16.4. The Morgan fingerprint density at radius 1 is 1.18 bits per heavy atom. The van der Waals surface area contributed by atoms with Gasteiger partial charge < -0.3 is 5.32 Å². The molecule has 0 aliphatic heterocycles. The molecule has 2 aromatic carbocycles. The van der Waals surface area contributed by atoms with Crippen molar-refractivity contribution in [2.45, 2.75) is 13.1 Å². The lowest BCUT2D eigenvalue weighted by atomic mass is 9.95. The maximum atomic E-state index is 13.0. The van der Waals surface area contributed by atoms with Crippen molar-refractivity contribution in [1.29, 1.82) is 0 Å². The van der Waals surface area contributed by atoms with Gasteiger partial charge in [0.1, 0.15) is 0 Å². The lowest BCUT2D eigenvalue weighted by molar-refractivity contribution is -0.138. The minimum absolute atomic E-state index is 0.0362. The molecule has 0 aliphatic carbocycles. The molecule has 1 amide bonds. The quantitative estimate of drug-likeness (QED) is 0.851. The van der Waals surface area contributed by atoms with E-state index in [1.807, 2.05) is 0 Å². The van der Waals surface area contributed by atoms with Crippen LogP contribution in [0.2, 0.25) is 5.02 Å². The van der Waals surface area contributed by atoms with E-state index >= 15 is 0 Å². The molecule has 0 spiro atoms. The predicted molar refractivity (Wildman–Crippen MR) is 80.0 cm³/mol. The smallest absolute Gasteiger partial charge is 0.355 e. The summed E-state index contributed by atoms with van der Waals surface area (Å²) in [5, 5.41) is 2.68. The molecular weight excluding hydrogens is 315 g/mol. The third-order valence-electron chi connectivity index (χ3n) is 3.36. The minimum atomic E-state index is -4.46. The third kappa shape index (κ3) is 3.09. The van der Waals surface area contributed by atoms with E-state index in [2.05, 4.69) is 5.32 Å². The van der Waals surface area contributed by atoms with Crippen LogP contribution in [0.15, 0.2) is 36.4 Å². The molecule has 116 valence electrons. The molecule has 0 bridgehead atoms. The number of nitrogens with one attached hydrogen (secondary N) is 1. The second kappa shape index (κ2) is 6.01. The molecule has 2 nitrogen and oxygen atoms in total. The fourth-order valence-corrected chi connectivity index (χ4v) is 2.61. The number of hydrogen-bond donors (Lipinski definition) is 1. The molecule has 0 atom stereocenters. The summed E-state index contributed by atoms with van der Waals surface area (Å²) in [5.41, 5.74) is 0.399. The van der Waals surface area contributed by atoms with Gasteiger partial charge in [0.25, 0.3) is 5.91 Å². The molecule has 1 N–H and O–H groups in total. The first-order valence-corrected chi connectivity index (χ1v) is 6.82. The molecule has 0 aromatic heterocycles. The first-order valence-electron chi connectivity index (χ1n) is 6.44. The summed E-state index contributed by atoms with van der Waals surface area (Å²) in [6.45, 7) is 1.37. The monoisotopic (exact) mass is 327 g/mol. The van der Waals surface area contributed by atoms with Crippen LogP contribution in [0, 0.1) is 6.92 Å². The van der Waals surface area contributed by atoms with Crippen LogP contribution in [0.3, 0.4) is 0 Å². The molecule has 0 radical (unpaired) electrons. The minimum Gasteiger partial charge on any atom is -0.355 e. The molecule has 0 aliphatic rings. The summed E-state index contributed by atoms with van der Waals surface area (Å²) in [4.78, 5) is 11.7. The largest absolute Gasteiger partial charge is 0.416 e. The number of hydrogen-bond acceptors (Lipinski definition) is 1. The highest BCUT2D eigenvalue weighted by Crippen LogP contribution is 2.39. The van der Waals surface area contributed by atoms with E-state index in [1.165, 1.54) is 26.1 Å². The van der Waals surface area contributed by atoms with Crippen molar-refractivity contribution in [3.63, 3.8) is 0 Å². The van der Waals surface area contributed by atoms with E-state index < -0.39 is 11.7 Å². The maximum absolute atomic E-state index is 13.0. The number of amides is 1. The van der Waals surface area contributed by atoms with Crippen LogP contribution < -0.4 is 5.32 Å². The molecule has 0 saturated heterocycles. The van der Waals surface area contributed by atoms with Crippen LogP contribution in [0.1, 0.15) is 21.5 Å². The molecule has 6 heteroatoms. The fourth-order valence-electron chi connectivity index (χ4n) is 2.30. The average Bonchev–Trinajstić information content (AvgIpc) is 2.45. The van der Waals surface area contributed by atoms with Crippen molar-refractivity contribution in [2.24, 2.45) is 0 Å². The summed E-state index contributed by atoms with van der Waals surface area (Å²) in [5.74, 6) is -0.317. The van der Waals surface area contributed by atoms with Crippen molar-refractivity contribution in [3.8, 4) is 11.1 Å². The van der Waals surface area contributed by atoms with Gasteiger partial charge in [-0.25, -0.2) is 0 Å². The summed E-state index contributed by atoms with van der Waals surface area (Å²) < 4.78 is 39.1. The normalized spacial score (nSPS) is 11.4. The molecule has 0 unspecified atom stereocenters. The van der Waals surface area contributed by atoms with Crippen molar-refractivity contribution < 1.29 is 18.0 Å². The van der Waals surface area contributed by atoms with Crippen LogP contribution in [-0.4, -0.2) is 13.0 Å².